The van der Waals surface area contributed by atoms with E-state index in [0.717, 1.165) is 26.9 Å². The zero-order valence-corrected chi connectivity index (χ0v) is 12.7. The highest BCUT2D eigenvalue weighted by Crippen LogP contribution is 2.48. The van der Waals surface area contributed by atoms with Gasteiger partial charge in [-0.3, -0.25) is 0 Å². The fourth-order valence-corrected chi connectivity index (χ4v) is 4.04. The van der Waals surface area contributed by atoms with Crippen LogP contribution in [-0.4, -0.2) is 12.6 Å². The molecule has 0 atom stereocenters. The summed E-state index contributed by atoms with van der Waals surface area (Å²) in [5.74, 6) is -0.328. The minimum absolute atomic E-state index is 0.328. The third-order valence-electron chi connectivity index (χ3n) is 3.21. The van der Waals surface area contributed by atoms with E-state index in [1.165, 1.54) is 16.9 Å². The molecule has 0 spiro atoms. The van der Waals surface area contributed by atoms with Gasteiger partial charge in [-0.1, -0.05) is 28.1 Å². The average molecular weight is 338 g/mol. The summed E-state index contributed by atoms with van der Waals surface area (Å²) in [6.07, 6.45) is 0.820. The summed E-state index contributed by atoms with van der Waals surface area (Å²) in [5, 5.41) is 0.550. The molecule has 5 heteroatoms. The summed E-state index contributed by atoms with van der Waals surface area (Å²) >= 11 is 5.04. The fraction of sp³-hybridized carbons (Fsp3) is 0.214. The first-order chi connectivity index (χ1) is 9.13. The van der Waals surface area contributed by atoms with E-state index in [-0.39, 0.29) is 5.97 Å². The predicted molar refractivity (Wildman–Crippen MR) is 80.6 cm³/mol. The van der Waals surface area contributed by atoms with E-state index in [0.29, 0.717) is 17.2 Å². The Morgan fingerprint density at radius 2 is 2.32 bits per heavy atom. The van der Waals surface area contributed by atoms with Gasteiger partial charge in [0.2, 0.25) is 0 Å². The second-order valence-corrected chi connectivity index (χ2v) is 6.29. The van der Waals surface area contributed by atoms with E-state index in [1.807, 2.05) is 18.2 Å². The van der Waals surface area contributed by atoms with Crippen LogP contribution in [0.1, 0.15) is 27.7 Å². The molecule has 2 N–H and O–H groups in total. The highest BCUT2D eigenvalue weighted by Gasteiger charge is 2.31. The van der Waals surface area contributed by atoms with Crippen molar-refractivity contribution < 1.29 is 9.53 Å². The van der Waals surface area contributed by atoms with Gasteiger partial charge in [0, 0.05) is 21.3 Å². The third kappa shape index (κ3) is 1.88. The van der Waals surface area contributed by atoms with Crippen LogP contribution in [0.3, 0.4) is 0 Å². The quantitative estimate of drug-likeness (QED) is 0.723. The summed E-state index contributed by atoms with van der Waals surface area (Å²) < 4.78 is 6.18. The van der Waals surface area contributed by atoms with Crippen LogP contribution < -0.4 is 5.73 Å². The second-order valence-electron chi connectivity index (χ2n) is 4.30. The highest BCUT2D eigenvalue weighted by atomic mass is 79.9. The van der Waals surface area contributed by atoms with E-state index in [9.17, 15) is 4.79 Å². The number of rotatable bonds is 2. The molecule has 3 nitrogen and oxygen atoms in total. The van der Waals surface area contributed by atoms with Crippen molar-refractivity contribution in [2.75, 3.05) is 12.3 Å². The minimum Gasteiger partial charge on any atom is -0.462 e. The summed E-state index contributed by atoms with van der Waals surface area (Å²) in [7, 11) is 0. The Kier molecular flexibility index (Phi) is 3.11. The Balaban J connectivity index is 2.20. The van der Waals surface area contributed by atoms with Gasteiger partial charge in [0.1, 0.15) is 10.6 Å². The van der Waals surface area contributed by atoms with Crippen LogP contribution in [0.5, 0.6) is 0 Å². The van der Waals surface area contributed by atoms with E-state index < -0.39 is 0 Å². The lowest BCUT2D eigenvalue weighted by atomic mass is 10.0. The lowest BCUT2D eigenvalue weighted by Crippen LogP contribution is -2.07. The standard InChI is InChI=1S/C14H12BrNO2S/c1-2-18-14(17)12-11-7-4-3-5-9(15)8(7)6-10(11)19-13(12)16/h3-5H,2,6,16H2,1H3. The zero-order chi connectivity index (χ0) is 13.6. The average Bonchev–Trinajstić information content (AvgIpc) is 2.85. The van der Waals surface area contributed by atoms with Crippen molar-refractivity contribution >= 4 is 38.2 Å². The molecule has 19 heavy (non-hydrogen) atoms. The molecule has 1 aliphatic rings. The molecule has 1 aliphatic carbocycles. The molecule has 3 rings (SSSR count). The summed E-state index contributed by atoms with van der Waals surface area (Å²) in [6.45, 7) is 2.15. The molecule has 0 fully saturated rings. The van der Waals surface area contributed by atoms with Crippen LogP contribution in [0.2, 0.25) is 0 Å². The van der Waals surface area contributed by atoms with Crippen LogP contribution in [-0.2, 0) is 11.2 Å². The minimum atomic E-state index is -0.328. The Morgan fingerprint density at radius 1 is 1.53 bits per heavy atom. The molecular weight excluding hydrogens is 326 g/mol. The normalized spacial score (nSPS) is 12.1. The van der Waals surface area contributed by atoms with Crippen molar-refractivity contribution in [1.82, 2.24) is 0 Å². The van der Waals surface area contributed by atoms with Gasteiger partial charge in [0.15, 0.2) is 0 Å². The van der Waals surface area contributed by atoms with E-state index in [1.54, 1.807) is 6.92 Å². The van der Waals surface area contributed by atoms with Gasteiger partial charge in [-0.05, 0) is 24.1 Å². The predicted octanol–water partition coefficient (Wildman–Crippen LogP) is 3.84. The Labute approximate surface area is 123 Å². The number of thiophene rings is 1. The van der Waals surface area contributed by atoms with Gasteiger partial charge in [0.25, 0.3) is 0 Å². The molecule has 0 radical (unpaired) electrons. The van der Waals surface area contributed by atoms with Gasteiger partial charge in [-0.2, -0.15) is 0 Å². The smallest absolute Gasteiger partial charge is 0.341 e. The molecule has 1 aromatic heterocycles. The highest BCUT2D eigenvalue weighted by molar-refractivity contribution is 9.10. The number of fused-ring (bicyclic) bond motifs is 3. The first kappa shape index (κ1) is 12.7. The first-order valence-electron chi connectivity index (χ1n) is 5.99. The third-order valence-corrected chi connectivity index (χ3v) is 4.98. The van der Waals surface area contributed by atoms with Crippen molar-refractivity contribution in [2.24, 2.45) is 0 Å². The monoisotopic (exact) mass is 337 g/mol. The largest absolute Gasteiger partial charge is 0.462 e. The van der Waals surface area contributed by atoms with Gasteiger partial charge >= 0.3 is 5.97 Å². The summed E-state index contributed by atoms with van der Waals surface area (Å²) in [5.41, 5.74) is 9.77. The maximum Gasteiger partial charge on any atom is 0.341 e. The molecule has 0 saturated carbocycles. The molecule has 0 amide bonds. The SMILES string of the molecule is CCOC(=O)c1c(N)sc2c1-c1cccc(Br)c1C2. The Hall–Kier alpha value is -1.33. The number of nitrogens with two attached hydrogens (primary N) is 1. The maximum atomic E-state index is 12.1. The second kappa shape index (κ2) is 4.65. The number of halogens is 1. The number of nitrogen functional groups attached to an aromatic ring is 1. The molecule has 2 aromatic rings. The van der Waals surface area contributed by atoms with Crippen molar-refractivity contribution in [2.45, 2.75) is 13.3 Å². The Morgan fingerprint density at radius 3 is 3.05 bits per heavy atom. The Bertz CT molecular complexity index is 678. The number of esters is 1. The lowest BCUT2D eigenvalue weighted by Gasteiger charge is -2.06. The van der Waals surface area contributed by atoms with Crippen molar-refractivity contribution in [1.29, 1.82) is 0 Å². The number of benzene rings is 1. The van der Waals surface area contributed by atoms with E-state index in [4.69, 9.17) is 10.5 Å². The van der Waals surface area contributed by atoms with Crippen LogP contribution >= 0.6 is 27.3 Å². The van der Waals surface area contributed by atoms with Crippen LogP contribution in [0.25, 0.3) is 11.1 Å². The van der Waals surface area contributed by atoms with Gasteiger partial charge in [0.05, 0.1) is 6.61 Å². The number of hydrogen-bond donors (Lipinski definition) is 1. The number of carbonyl (C=O) groups excluding carboxylic acids is 1. The number of ether oxygens (including phenoxy) is 1. The van der Waals surface area contributed by atoms with Gasteiger partial charge in [-0.25, -0.2) is 4.79 Å². The molecular formula is C14H12BrNO2S. The molecule has 1 aromatic carbocycles. The van der Waals surface area contributed by atoms with Crippen molar-refractivity contribution in [3.63, 3.8) is 0 Å². The lowest BCUT2D eigenvalue weighted by molar-refractivity contribution is 0.0529. The molecule has 0 bridgehead atoms. The number of carbonyl (C=O) groups is 1. The van der Waals surface area contributed by atoms with Crippen LogP contribution in [0, 0.1) is 0 Å². The molecule has 98 valence electrons. The zero-order valence-electron chi connectivity index (χ0n) is 10.3. The molecule has 0 aliphatic heterocycles. The van der Waals surface area contributed by atoms with E-state index in [2.05, 4.69) is 15.9 Å². The molecule has 1 heterocycles. The van der Waals surface area contributed by atoms with Gasteiger partial charge in [-0.15, -0.1) is 11.3 Å². The number of hydrogen-bond acceptors (Lipinski definition) is 4. The number of anilines is 1. The molecule has 0 unspecified atom stereocenters. The first-order valence-corrected chi connectivity index (χ1v) is 7.60. The summed E-state index contributed by atoms with van der Waals surface area (Å²) in [6, 6.07) is 6.02. The van der Waals surface area contributed by atoms with E-state index >= 15 is 0 Å². The van der Waals surface area contributed by atoms with Crippen LogP contribution in [0.15, 0.2) is 22.7 Å². The van der Waals surface area contributed by atoms with Crippen molar-refractivity contribution in [3.8, 4) is 11.1 Å². The van der Waals surface area contributed by atoms with Crippen molar-refractivity contribution in [3.05, 3.63) is 38.7 Å². The summed E-state index contributed by atoms with van der Waals surface area (Å²) in [4.78, 5) is 13.2. The maximum absolute atomic E-state index is 12.1. The van der Waals surface area contributed by atoms with Crippen LogP contribution in [0.4, 0.5) is 5.00 Å². The topological polar surface area (TPSA) is 52.3 Å². The molecule has 0 saturated heterocycles. The fourth-order valence-electron chi connectivity index (χ4n) is 2.45. The van der Waals surface area contributed by atoms with Gasteiger partial charge < -0.3 is 10.5 Å².